The Bertz CT molecular complexity index is 447. The number of carbonyl (C=O) groups excluding carboxylic acids is 1. The van der Waals surface area contributed by atoms with E-state index in [9.17, 15) is 14.9 Å². The molecule has 0 unspecified atom stereocenters. The van der Waals surface area contributed by atoms with Crippen molar-refractivity contribution in [2.45, 2.75) is 20.3 Å². The molecule has 6 nitrogen and oxygen atoms in total. The second-order valence-corrected chi connectivity index (χ2v) is 4.68. The highest BCUT2D eigenvalue weighted by atomic mass is 16.6. The lowest BCUT2D eigenvalue weighted by Gasteiger charge is -2.08. The fourth-order valence-corrected chi connectivity index (χ4v) is 1.46. The molecule has 1 rings (SSSR count). The van der Waals surface area contributed by atoms with Crippen molar-refractivity contribution >= 4 is 17.3 Å². The predicted molar refractivity (Wildman–Crippen MR) is 74.1 cm³/mol. The smallest absolute Gasteiger partial charge is 0.271 e. The highest BCUT2D eigenvalue weighted by molar-refractivity contribution is 5.76. The van der Waals surface area contributed by atoms with E-state index in [0.29, 0.717) is 31.1 Å². The summed E-state index contributed by atoms with van der Waals surface area (Å²) in [5, 5.41) is 16.4. The third-order valence-electron chi connectivity index (χ3n) is 2.45. The maximum Gasteiger partial charge on any atom is 0.271 e. The average molecular weight is 265 g/mol. The Kier molecular flexibility index (Phi) is 5.78. The Hall–Kier alpha value is -2.11. The number of rotatable bonds is 7. The van der Waals surface area contributed by atoms with Gasteiger partial charge in [-0.3, -0.25) is 14.9 Å². The standard InChI is InChI=1S/C13H19N3O3/c1-10(2)9-15-13(17)6-7-14-11-4-3-5-12(8-11)16(18)19/h3-5,8,10,14H,6-7,9H2,1-2H3,(H,15,17). The second kappa shape index (κ2) is 7.35. The van der Waals surface area contributed by atoms with Crippen molar-refractivity contribution in [3.63, 3.8) is 0 Å². The molecule has 1 amide bonds. The maximum absolute atomic E-state index is 11.5. The van der Waals surface area contributed by atoms with E-state index in [1.165, 1.54) is 12.1 Å². The van der Waals surface area contributed by atoms with Crippen LogP contribution < -0.4 is 10.6 Å². The van der Waals surface area contributed by atoms with Crippen LogP contribution in [0.3, 0.4) is 0 Å². The molecule has 0 atom stereocenters. The van der Waals surface area contributed by atoms with E-state index in [1.807, 2.05) is 13.8 Å². The number of nitrogens with zero attached hydrogens (tertiary/aromatic N) is 1. The Morgan fingerprint density at radius 3 is 2.79 bits per heavy atom. The summed E-state index contributed by atoms with van der Waals surface area (Å²) < 4.78 is 0. The van der Waals surface area contributed by atoms with Crippen molar-refractivity contribution in [1.29, 1.82) is 0 Å². The van der Waals surface area contributed by atoms with Crippen LogP contribution >= 0.6 is 0 Å². The SMILES string of the molecule is CC(C)CNC(=O)CCNc1cccc([N+](=O)[O-])c1. The second-order valence-electron chi connectivity index (χ2n) is 4.68. The Morgan fingerprint density at radius 2 is 2.16 bits per heavy atom. The van der Waals surface area contributed by atoms with E-state index >= 15 is 0 Å². The van der Waals surface area contributed by atoms with Crippen molar-refractivity contribution in [2.75, 3.05) is 18.4 Å². The molecule has 1 aromatic carbocycles. The summed E-state index contributed by atoms with van der Waals surface area (Å²) in [4.78, 5) is 21.6. The van der Waals surface area contributed by atoms with Gasteiger partial charge in [-0.2, -0.15) is 0 Å². The Labute approximate surface area is 112 Å². The average Bonchev–Trinajstić information content (AvgIpc) is 2.36. The van der Waals surface area contributed by atoms with Crippen LogP contribution in [-0.2, 0) is 4.79 Å². The van der Waals surface area contributed by atoms with Crippen LogP contribution in [0.25, 0.3) is 0 Å². The van der Waals surface area contributed by atoms with Crippen molar-refractivity contribution in [3.8, 4) is 0 Å². The number of nitro groups is 1. The van der Waals surface area contributed by atoms with E-state index < -0.39 is 4.92 Å². The fourth-order valence-electron chi connectivity index (χ4n) is 1.46. The van der Waals surface area contributed by atoms with Gasteiger partial charge in [0.2, 0.25) is 5.91 Å². The number of amides is 1. The van der Waals surface area contributed by atoms with Crippen molar-refractivity contribution in [2.24, 2.45) is 5.92 Å². The van der Waals surface area contributed by atoms with Crippen molar-refractivity contribution in [3.05, 3.63) is 34.4 Å². The molecule has 104 valence electrons. The normalized spacial score (nSPS) is 10.3. The lowest BCUT2D eigenvalue weighted by molar-refractivity contribution is -0.384. The van der Waals surface area contributed by atoms with Gasteiger partial charge in [0.25, 0.3) is 5.69 Å². The monoisotopic (exact) mass is 265 g/mol. The minimum atomic E-state index is -0.444. The van der Waals surface area contributed by atoms with Gasteiger partial charge < -0.3 is 10.6 Å². The molecule has 0 aliphatic rings. The van der Waals surface area contributed by atoms with Gasteiger partial charge in [-0.1, -0.05) is 19.9 Å². The molecule has 0 bridgehead atoms. The van der Waals surface area contributed by atoms with Gasteiger partial charge in [-0.15, -0.1) is 0 Å². The Balaban J connectivity index is 2.35. The fraction of sp³-hybridized carbons (Fsp3) is 0.462. The predicted octanol–water partition coefficient (Wildman–Crippen LogP) is 2.17. The first kappa shape index (κ1) is 14.9. The zero-order valence-electron chi connectivity index (χ0n) is 11.2. The molecule has 0 heterocycles. The van der Waals surface area contributed by atoms with E-state index in [-0.39, 0.29) is 11.6 Å². The number of benzene rings is 1. The van der Waals surface area contributed by atoms with Crippen molar-refractivity contribution < 1.29 is 9.72 Å². The third-order valence-corrected chi connectivity index (χ3v) is 2.45. The van der Waals surface area contributed by atoms with E-state index in [2.05, 4.69) is 10.6 Å². The van der Waals surface area contributed by atoms with Gasteiger partial charge in [-0.25, -0.2) is 0 Å². The number of anilines is 1. The molecular weight excluding hydrogens is 246 g/mol. The van der Waals surface area contributed by atoms with Crippen LogP contribution in [0.4, 0.5) is 11.4 Å². The molecule has 0 aromatic heterocycles. The quantitative estimate of drug-likeness (QED) is 0.584. The number of carbonyl (C=O) groups is 1. The van der Waals surface area contributed by atoms with Gasteiger partial charge in [-0.05, 0) is 12.0 Å². The topological polar surface area (TPSA) is 84.3 Å². The van der Waals surface area contributed by atoms with Crippen LogP contribution in [0.5, 0.6) is 0 Å². The summed E-state index contributed by atoms with van der Waals surface area (Å²) >= 11 is 0. The number of nitrogens with one attached hydrogen (secondary N) is 2. The summed E-state index contributed by atoms with van der Waals surface area (Å²) in [6.07, 6.45) is 0.343. The summed E-state index contributed by atoms with van der Waals surface area (Å²) in [7, 11) is 0. The lowest BCUT2D eigenvalue weighted by Crippen LogP contribution is -2.28. The largest absolute Gasteiger partial charge is 0.384 e. The number of non-ortho nitro benzene ring substituents is 1. The van der Waals surface area contributed by atoms with Crippen LogP contribution in [-0.4, -0.2) is 23.9 Å². The molecule has 1 aromatic rings. The first-order chi connectivity index (χ1) is 8.99. The molecule has 2 N–H and O–H groups in total. The summed E-state index contributed by atoms with van der Waals surface area (Å²) in [6.45, 7) is 5.17. The van der Waals surface area contributed by atoms with Crippen LogP contribution in [0.2, 0.25) is 0 Å². The van der Waals surface area contributed by atoms with Crippen LogP contribution in [0, 0.1) is 16.0 Å². The van der Waals surface area contributed by atoms with Gasteiger partial charge in [0.05, 0.1) is 4.92 Å². The molecule has 0 saturated carbocycles. The molecular formula is C13H19N3O3. The minimum absolute atomic E-state index is 0.0216. The van der Waals surface area contributed by atoms with E-state index in [4.69, 9.17) is 0 Å². The third kappa shape index (κ3) is 5.85. The summed E-state index contributed by atoms with van der Waals surface area (Å²) in [5.74, 6) is 0.403. The molecule has 0 saturated heterocycles. The molecule has 0 radical (unpaired) electrons. The van der Waals surface area contributed by atoms with Gasteiger partial charge >= 0.3 is 0 Å². The highest BCUT2D eigenvalue weighted by Crippen LogP contribution is 2.16. The molecule has 0 spiro atoms. The summed E-state index contributed by atoms with van der Waals surface area (Å²) in [6, 6.07) is 6.23. The lowest BCUT2D eigenvalue weighted by atomic mass is 10.2. The van der Waals surface area contributed by atoms with E-state index in [0.717, 1.165) is 0 Å². The minimum Gasteiger partial charge on any atom is -0.384 e. The van der Waals surface area contributed by atoms with Gasteiger partial charge in [0.15, 0.2) is 0 Å². The van der Waals surface area contributed by atoms with Crippen LogP contribution in [0.1, 0.15) is 20.3 Å². The number of hydrogen-bond donors (Lipinski definition) is 2. The molecule has 6 heteroatoms. The Morgan fingerprint density at radius 1 is 1.42 bits per heavy atom. The zero-order chi connectivity index (χ0) is 14.3. The van der Waals surface area contributed by atoms with Gasteiger partial charge in [0.1, 0.15) is 0 Å². The molecule has 19 heavy (non-hydrogen) atoms. The first-order valence-corrected chi connectivity index (χ1v) is 6.24. The zero-order valence-corrected chi connectivity index (χ0v) is 11.2. The number of nitro benzene ring substituents is 1. The van der Waals surface area contributed by atoms with E-state index in [1.54, 1.807) is 12.1 Å². The highest BCUT2D eigenvalue weighted by Gasteiger charge is 2.06. The van der Waals surface area contributed by atoms with Crippen LogP contribution in [0.15, 0.2) is 24.3 Å². The summed E-state index contributed by atoms with van der Waals surface area (Å²) in [5.41, 5.74) is 0.681. The molecule has 0 fully saturated rings. The first-order valence-electron chi connectivity index (χ1n) is 6.24. The number of hydrogen-bond acceptors (Lipinski definition) is 4. The molecule has 0 aliphatic heterocycles. The molecule has 0 aliphatic carbocycles. The van der Waals surface area contributed by atoms with Crippen molar-refractivity contribution in [1.82, 2.24) is 5.32 Å². The maximum atomic E-state index is 11.5. The van der Waals surface area contributed by atoms with Gasteiger partial charge in [0, 0.05) is 37.3 Å².